The van der Waals surface area contributed by atoms with Crippen LogP contribution in [0.3, 0.4) is 0 Å². The molecule has 0 saturated carbocycles. The number of amides is 1. The first-order valence-electron chi connectivity index (χ1n) is 10.7. The van der Waals surface area contributed by atoms with Crippen LogP contribution in [0.15, 0.2) is 59.6 Å². The number of likely N-dealkylation sites (tertiary alicyclic amines) is 1. The van der Waals surface area contributed by atoms with Crippen molar-refractivity contribution in [2.45, 2.75) is 45.4 Å². The summed E-state index contributed by atoms with van der Waals surface area (Å²) in [5.41, 5.74) is 3.09. The van der Waals surface area contributed by atoms with Crippen molar-refractivity contribution in [3.63, 3.8) is 0 Å². The zero-order chi connectivity index (χ0) is 21.3. The Bertz CT molecular complexity index is 834. The van der Waals surface area contributed by atoms with Crippen molar-refractivity contribution < 1.29 is 4.79 Å². The number of benzene rings is 2. The second-order valence-electron chi connectivity index (χ2n) is 7.81. The molecule has 30 heavy (non-hydrogen) atoms. The highest BCUT2D eigenvalue weighted by Crippen LogP contribution is 2.20. The molecule has 3 rings (SSSR count). The van der Waals surface area contributed by atoms with Gasteiger partial charge in [0.2, 0.25) is 0 Å². The van der Waals surface area contributed by atoms with E-state index in [2.05, 4.69) is 65.0 Å². The molecular formula is C24H33N5O. The van der Waals surface area contributed by atoms with Gasteiger partial charge in [0.25, 0.3) is 5.91 Å². The lowest BCUT2D eigenvalue weighted by Crippen LogP contribution is -2.44. The first-order chi connectivity index (χ1) is 14.6. The molecule has 1 saturated heterocycles. The number of carbonyl (C=O) groups is 1. The molecule has 1 aliphatic heterocycles. The normalized spacial score (nSPS) is 19.5. The minimum atomic E-state index is -0.0736. The van der Waals surface area contributed by atoms with E-state index in [0.717, 1.165) is 37.6 Å². The van der Waals surface area contributed by atoms with Crippen LogP contribution in [0.2, 0.25) is 0 Å². The highest BCUT2D eigenvalue weighted by molar-refractivity contribution is 5.93. The molecule has 1 heterocycles. The van der Waals surface area contributed by atoms with Gasteiger partial charge in [0.05, 0.1) is 6.54 Å². The Morgan fingerprint density at radius 3 is 2.50 bits per heavy atom. The summed E-state index contributed by atoms with van der Waals surface area (Å²) in [4.78, 5) is 18.9. The fourth-order valence-corrected chi connectivity index (χ4v) is 3.83. The smallest absolute Gasteiger partial charge is 0.251 e. The number of hydrogen-bond acceptors (Lipinski definition) is 3. The van der Waals surface area contributed by atoms with Gasteiger partial charge < -0.3 is 16.0 Å². The Labute approximate surface area is 179 Å². The van der Waals surface area contributed by atoms with Gasteiger partial charge in [-0.15, -0.1) is 0 Å². The summed E-state index contributed by atoms with van der Waals surface area (Å²) >= 11 is 0. The van der Waals surface area contributed by atoms with Gasteiger partial charge in [0.15, 0.2) is 5.96 Å². The predicted octanol–water partition coefficient (Wildman–Crippen LogP) is 2.76. The number of rotatable bonds is 7. The summed E-state index contributed by atoms with van der Waals surface area (Å²) in [7, 11) is 1.64. The second-order valence-corrected chi connectivity index (χ2v) is 7.81. The maximum absolute atomic E-state index is 11.7. The lowest BCUT2D eigenvalue weighted by Gasteiger charge is -2.21. The zero-order valence-electron chi connectivity index (χ0n) is 18.2. The van der Waals surface area contributed by atoms with Crippen molar-refractivity contribution in [1.29, 1.82) is 0 Å². The van der Waals surface area contributed by atoms with E-state index < -0.39 is 0 Å². The van der Waals surface area contributed by atoms with Crippen molar-refractivity contribution >= 4 is 11.9 Å². The molecule has 0 aliphatic carbocycles. The number of guanidine groups is 1. The third-order valence-electron chi connectivity index (χ3n) is 5.48. The van der Waals surface area contributed by atoms with Crippen molar-refractivity contribution in [2.24, 2.45) is 4.99 Å². The highest BCUT2D eigenvalue weighted by Gasteiger charge is 2.29. The van der Waals surface area contributed by atoms with Crippen molar-refractivity contribution in [3.8, 4) is 0 Å². The Morgan fingerprint density at radius 1 is 1.10 bits per heavy atom. The maximum Gasteiger partial charge on any atom is 0.251 e. The van der Waals surface area contributed by atoms with E-state index in [0.29, 0.717) is 24.2 Å². The summed E-state index contributed by atoms with van der Waals surface area (Å²) in [6.07, 6.45) is 1.10. The highest BCUT2D eigenvalue weighted by atomic mass is 16.1. The van der Waals surface area contributed by atoms with Gasteiger partial charge in [-0.2, -0.15) is 0 Å². The monoisotopic (exact) mass is 407 g/mol. The maximum atomic E-state index is 11.7. The molecule has 160 valence electrons. The van der Waals surface area contributed by atoms with Crippen molar-refractivity contribution in [2.75, 3.05) is 20.1 Å². The van der Waals surface area contributed by atoms with Crippen molar-refractivity contribution in [3.05, 3.63) is 71.3 Å². The summed E-state index contributed by atoms with van der Waals surface area (Å²) in [5, 5.41) is 9.60. The molecule has 1 aliphatic rings. The molecule has 0 radical (unpaired) electrons. The predicted molar refractivity (Wildman–Crippen MR) is 123 cm³/mol. The zero-order valence-corrected chi connectivity index (χ0v) is 18.2. The molecule has 0 spiro atoms. The lowest BCUT2D eigenvalue weighted by atomic mass is 10.1. The standard InChI is InChI=1S/C24H33N5O/c1-4-26-24(27-15-19-10-12-21(13-11-19)23(30)25-3)28-22-14-18(2)29(17-22)16-20-8-6-5-7-9-20/h5-13,18,22H,4,14-17H2,1-3H3,(H,25,30)(H2,26,27,28). The van der Waals surface area contributed by atoms with Crippen LogP contribution in [0, 0.1) is 0 Å². The molecular weight excluding hydrogens is 374 g/mol. The largest absolute Gasteiger partial charge is 0.357 e. The third-order valence-corrected chi connectivity index (χ3v) is 5.48. The van der Waals surface area contributed by atoms with Gasteiger partial charge in [-0.05, 0) is 43.5 Å². The van der Waals surface area contributed by atoms with E-state index in [1.807, 2.05) is 24.3 Å². The Morgan fingerprint density at radius 2 is 1.83 bits per heavy atom. The molecule has 0 aromatic heterocycles. The summed E-state index contributed by atoms with van der Waals surface area (Å²) in [5.74, 6) is 0.766. The number of nitrogens with one attached hydrogen (secondary N) is 3. The summed E-state index contributed by atoms with van der Waals surface area (Å²) in [6, 6.07) is 19.1. The van der Waals surface area contributed by atoms with Gasteiger partial charge in [-0.3, -0.25) is 9.69 Å². The van der Waals surface area contributed by atoms with E-state index in [9.17, 15) is 4.79 Å². The average Bonchev–Trinajstić information content (AvgIpc) is 3.11. The van der Waals surface area contributed by atoms with Crippen LogP contribution in [0.5, 0.6) is 0 Å². The quantitative estimate of drug-likeness (QED) is 0.488. The van der Waals surface area contributed by atoms with Crippen LogP contribution in [0.4, 0.5) is 0 Å². The van der Waals surface area contributed by atoms with Crippen LogP contribution in [0.1, 0.15) is 41.8 Å². The Kier molecular flexibility index (Phi) is 7.85. The number of hydrogen-bond donors (Lipinski definition) is 3. The summed E-state index contributed by atoms with van der Waals surface area (Å²) in [6.45, 7) is 7.74. The van der Waals surface area contributed by atoms with E-state index in [-0.39, 0.29) is 5.91 Å². The van der Waals surface area contributed by atoms with Crippen LogP contribution >= 0.6 is 0 Å². The second kappa shape index (κ2) is 10.8. The molecule has 2 unspecified atom stereocenters. The summed E-state index contributed by atoms with van der Waals surface area (Å²) < 4.78 is 0. The molecule has 6 heteroatoms. The van der Waals surface area contributed by atoms with Gasteiger partial charge >= 0.3 is 0 Å². The third kappa shape index (κ3) is 6.07. The number of carbonyl (C=O) groups excluding carboxylic acids is 1. The number of aliphatic imine (C=N–C) groups is 1. The minimum Gasteiger partial charge on any atom is -0.357 e. The van der Waals surface area contributed by atoms with E-state index in [4.69, 9.17) is 4.99 Å². The molecule has 1 fully saturated rings. The van der Waals surface area contributed by atoms with Gasteiger partial charge in [-0.1, -0.05) is 42.5 Å². The minimum absolute atomic E-state index is 0.0736. The lowest BCUT2D eigenvalue weighted by molar-refractivity contribution is 0.0963. The van der Waals surface area contributed by atoms with Crippen LogP contribution < -0.4 is 16.0 Å². The molecule has 1 amide bonds. The van der Waals surface area contributed by atoms with Crippen LogP contribution in [0.25, 0.3) is 0 Å². The molecule has 6 nitrogen and oxygen atoms in total. The number of nitrogens with zero attached hydrogens (tertiary/aromatic N) is 2. The Balaban J connectivity index is 1.57. The van der Waals surface area contributed by atoms with E-state index in [1.165, 1.54) is 5.56 Å². The first kappa shape index (κ1) is 21.8. The Hall–Kier alpha value is -2.86. The van der Waals surface area contributed by atoms with Gasteiger partial charge in [0.1, 0.15) is 0 Å². The SMILES string of the molecule is CCNC(=NCc1ccc(C(=O)NC)cc1)NC1CC(C)N(Cc2ccccc2)C1. The molecule has 3 N–H and O–H groups in total. The van der Waals surface area contributed by atoms with Crippen LogP contribution in [-0.4, -0.2) is 49.0 Å². The van der Waals surface area contributed by atoms with E-state index in [1.54, 1.807) is 7.05 Å². The topological polar surface area (TPSA) is 68.8 Å². The molecule has 0 bridgehead atoms. The van der Waals surface area contributed by atoms with Crippen LogP contribution in [-0.2, 0) is 13.1 Å². The fraction of sp³-hybridized carbons (Fsp3) is 0.417. The van der Waals surface area contributed by atoms with Crippen molar-refractivity contribution in [1.82, 2.24) is 20.9 Å². The van der Waals surface area contributed by atoms with Gasteiger partial charge in [0, 0.05) is 44.3 Å². The molecule has 2 atom stereocenters. The van der Waals surface area contributed by atoms with Gasteiger partial charge in [-0.25, -0.2) is 4.99 Å². The average molecular weight is 408 g/mol. The molecule has 2 aromatic rings. The first-order valence-corrected chi connectivity index (χ1v) is 10.7. The van der Waals surface area contributed by atoms with E-state index >= 15 is 0 Å². The fourth-order valence-electron chi connectivity index (χ4n) is 3.83. The molecule has 2 aromatic carbocycles.